The van der Waals surface area contributed by atoms with Crippen molar-refractivity contribution in [3.8, 4) is 22.6 Å². The van der Waals surface area contributed by atoms with Gasteiger partial charge in [0.25, 0.3) is 0 Å². The first kappa shape index (κ1) is 27.9. The van der Waals surface area contributed by atoms with E-state index in [1.165, 1.54) is 18.3 Å². The molecule has 0 saturated heterocycles. The van der Waals surface area contributed by atoms with Gasteiger partial charge in [0, 0.05) is 34.6 Å². The van der Waals surface area contributed by atoms with Gasteiger partial charge in [0.2, 0.25) is 20.0 Å². The number of benzene rings is 3. The molecule has 1 saturated carbocycles. The summed E-state index contributed by atoms with van der Waals surface area (Å²) in [6, 6.07) is 19.5. The minimum absolute atomic E-state index is 0.140. The van der Waals surface area contributed by atoms with Gasteiger partial charge >= 0.3 is 0 Å². The molecule has 0 radical (unpaired) electrons. The van der Waals surface area contributed by atoms with Crippen LogP contribution in [0.15, 0.2) is 85.1 Å². The number of nitrogens with one attached hydrogen (secondary N) is 1. The molecule has 6 rings (SSSR count). The zero-order chi connectivity index (χ0) is 29.6. The van der Waals surface area contributed by atoms with Crippen molar-refractivity contribution in [2.45, 2.75) is 30.8 Å². The number of aryl methyl sites for hydroxylation is 1. The van der Waals surface area contributed by atoms with Crippen molar-refractivity contribution >= 4 is 36.8 Å². The first-order valence-electron chi connectivity index (χ1n) is 13.0. The van der Waals surface area contributed by atoms with E-state index in [1.54, 1.807) is 55.5 Å². The maximum absolute atomic E-state index is 14.6. The van der Waals surface area contributed by atoms with Crippen LogP contribution in [-0.2, 0) is 25.8 Å². The Morgan fingerprint density at radius 2 is 1.64 bits per heavy atom. The lowest BCUT2D eigenvalue weighted by atomic mass is 10.0. The van der Waals surface area contributed by atoms with E-state index in [0.29, 0.717) is 46.7 Å². The van der Waals surface area contributed by atoms with Gasteiger partial charge in [0.1, 0.15) is 11.6 Å². The topological polar surface area (TPSA) is 107 Å². The predicted molar refractivity (Wildman–Crippen MR) is 156 cm³/mol. The molecule has 42 heavy (non-hydrogen) atoms. The Labute approximate surface area is 241 Å². The minimum Gasteiger partial charge on any atom is -0.454 e. The lowest BCUT2D eigenvalue weighted by Gasteiger charge is -2.16. The monoisotopic (exact) mass is 609 g/mol. The zero-order valence-electron chi connectivity index (χ0n) is 22.3. The molecular formula is C30H25F2N3O5S2. The fraction of sp³-hybridized carbons (Fsp3) is 0.167. The van der Waals surface area contributed by atoms with Gasteiger partial charge < -0.3 is 4.74 Å². The highest BCUT2D eigenvalue weighted by molar-refractivity contribution is 7.93. The van der Waals surface area contributed by atoms with Gasteiger partial charge in [0.05, 0.1) is 11.0 Å². The van der Waals surface area contributed by atoms with Crippen molar-refractivity contribution in [2.24, 2.45) is 0 Å². The second-order valence-corrected chi connectivity index (χ2v) is 13.9. The van der Waals surface area contributed by atoms with E-state index in [0.717, 1.165) is 16.1 Å². The number of ether oxygens (including phenoxy) is 1. The molecule has 0 aliphatic heterocycles. The first-order chi connectivity index (χ1) is 20.0. The minimum atomic E-state index is -3.87. The Morgan fingerprint density at radius 1 is 0.905 bits per heavy atom. The number of nitrogens with zero attached hydrogens (tertiary/aromatic N) is 2. The van der Waals surface area contributed by atoms with E-state index >= 15 is 0 Å². The van der Waals surface area contributed by atoms with Crippen molar-refractivity contribution in [1.82, 2.24) is 8.96 Å². The summed E-state index contributed by atoms with van der Waals surface area (Å²) in [5.41, 5.74) is 2.35. The van der Waals surface area contributed by atoms with E-state index in [4.69, 9.17) is 4.74 Å². The highest BCUT2D eigenvalue weighted by atomic mass is 32.2. The number of hydrogen-bond acceptors (Lipinski definition) is 6. The third-order valence-corrected chi connectivity index (χ3v) is 10.3. The molecule has 0 spiro atoms. The average molecular weight is 610 g/mol. The predicted octanol–water partition coefficient (Wildman–Crippen LogP) is 6.36. The van der Waals surface area contributed by atoms with E-state index in [1.807, 2.05) is 0 Å². The van der Waals surface area contributed by atoms with Crippen LogP contribution >= 0.6 is 0 Å². The number of halogens is 2. The van der Waals surface area contributed by atoms with Gasteiger partial charge in [-0.3, -0.25) is 4.72 Å². The highest BCUT2D eigenvalue weighted by Gasteiger charge is 2.36. The van der Waals surface area contributed by atoms with Gasteiger partial charge in [-0.2, -0.15) is 0 Å². The van der Waals surface area contributed by atoms with Crippen LogP contribution in [0.25, 0.3) is 22.2 Å². The molecule has 1 fully saturated rings. The molecule has 0 amide bonds. The largest absolute Gasteiger partial charge is 0.454 e. The second kappa shape index (κ2) is 10.5. The van der Waals surface area contributed by atoms with E-state index in [9.17, 15) is 25.6 Å². The Hall–Kier alpha value is -4.29. The molecule has 0 unspecified atom stereocenters. The Morgan fingerprint density at radius 3 is 2.36 bits per heavy atom. The van der Waals surface area contributed by atoms with E-state index in [-0.39, 0.29) is 28.6 Å². The number of pyridine rings is 1. The smallest absolute Gasteiger partial charge is 0.244 e. The van der Waals surface area contributed by atoms with Crippen molar-refractivity contribution in [3.05, 3.63) is 108 Å². The van der Waals surface area contributed by atoms with Crippen molar-refractivity contribution in [3.63, 3.8) is 0 Å². The van der Waals surface area contributed by atoms with E-state index < -0.39 is 36.9 Å². The van der Waals surface area contributed by atoms with Crippen LogP contribution in [0.5, 0.6) is 11.5 Å². The summed E-state index contributed by atoms with van der Waals surface area (Å²) < 4.78 is 89.9. The van der Waals surface area contributed by atoms with Gasteiger partial charge in [-0.05, 0) is 73.4 Å². The van der Waals surface area contributed by atoms with Crippen LogP contribution in [0.2, 0.25) is 0 Å². The molecule has 1 aliphatic carbocycles. The fourth-order valence-electron chi connectivity index (χ4n) is 4.71. The molecule has 2 aromatic heterocycles. The maximum atomic E-state index is 14.6. The molecule has 8 nitrogen and oxygen atoms in total. The van der Waals surface area contributed by atoms with Crippen LogP contribution in [0.3, 0.4) is 0 Å². The number of anilines is 1. The second-order valence-electron chi connectivity index (χ2n) is 10.1. The average Bonchev–Trinajstić information content (AvgIpc) is 3.71. The van der Waals surface area contributed by atoms with Crippen LogP contribution in [0, 0.1) is 18.6 Å². The Kier molecular flexibility index (Phi) is 6.98. The highest BCUT2D eigenvalue weighted by Crippen LogP contribution is 2.41. The Balaban J connectivity index is 1.49. The quantitative estimate of drug-likeness (QED) is 0.208. The summed E-state index contributed by atoms with van der Waals surface area (Å²) in [5.74, 6) is -2.04. The SMILES string of the molecule is Cc1cc(-c2cc(NS(=O)(=O)C3CC3)ccc2Oc2ccc(F)cc2F)c2ccn(S(=O)(=O)Cc3ccccc3)c2n1. The molecular weight excluding hydrogens is 584 g/mol. The zero-order valence-corrected chi connectivity index (χ0v) is 23.9. The first-order valence-corrected chi connectivity index (χ1v) is 16.2. The number of sulfonamides is 1. The van der Waals surface area contributed by atoms with Crippen molar-refractivity contribution < 1.29 is 30.4 Å². The van der Waals surface area contributed by atoms with Gasteiger partial charge in [0.15, 0.2) is 17.2 Å². The van der Waals surface area contributed by atoms with Crippen LogP contribution < -0.4 is 9.46 Å². The summed E-state index contributed by atoms with van der Waals surface area (Å²) in [4.78, 5) is 4.51. The fourth-order valence-corrected chi connectivity index (χ4v) is 7.49. The lowest BCUT2D eigenvalue weighted by molar-refractivity contribution is 0.439. The standard InChI is InChI=1S/C30H25F2N3O5S2/c1-19-15-25(24-13-14-35(30(24)33-19)41(36,37)18-20-5-3-2-4-6-20)26-17-22(34-42(38,39)23-9-10-23)8-12-28(26)40-29-11-7-21(31)16-27(29)32/h2-8,11-17,23,34H,9-10,18H2,1H3. The Bertz CT molecular complexity index is 2040. The molecule has 5 aromatic rings. The molecule has 0 bridgehead atoms. The molecule has 2 heterocycles. The molecule has 216 valence electrons. The normalized spacial score (nSPS) is 13.8. The van der Waals surface area contributed by atoms with E-state index in [2.05, 4.69) is 9.71 Å². The summed E-state index contributed by atoms with van der Waals surface area (Å²) in [6.07, 6.45) is 2.56. The maximum Gasteiger partial charge on any atom is 0.244 e. The third kappa shape index (κ3) is 5.59. The molecule has 1 N–H and O–H groups in total. The molecule has 12 heteroatoms. The van der Waals surface area contributed by atoms with Crippen molar-refractivity contribution in [2.75, 3.05) is 4.72 Å². The number of aromatic nitrogens is 2. The van der Waals surface area contributed by atoms with Crippen LogP contribution in [-0.4, -0.2) is 31.0 Å². The van der Waals surface area contributed by atoms with Gasteiger partial charge in [-0.1, -0.05) is 30.3 Å². The molecule has 0 atom stereocenters. The van der Waals surface area contributed by atoms with Crippen LogP contribution in [0.4, 0.5) is 14.5 Å². The van der Waals surface area contributed by atoms with Gasteiger partial charge in [-0.15, -0.1) is 0 Å². The van der Waals surface area contributed by atoms with Crippen molar-refractivity contribution in [1.29, 1.82) is 0 Å². The third-order valence-electron chi connectivity index (χ3n) is 6.85. The lowest BCUT2D eigenvalue weighted by Crippen LogP contribution is -2.17. The summed E-state index contributed by atoms with van der Waals surface area (Å²) in [5, 5.41) is -0.0206. The summed E-state index contributed by atoms with van der Waals surface area (Å²) in [6.45, 7) is 1.70. The van der Waals surface area contributed by atoms with Crippen LogP contribution in [0.1, 0.15) is 24.1 Å². The summed E-state index contributed by atoms with van der Waals surface area (Å²) in [7, 11) is -7.48. The number of fused-ring (bicyclic) bond motifs is 1. The number of rotatable bonds is 9. The molecule has 3 aromatic carbocycles. The van der Waals surface area contributed by atoms with Gasteiger partial charge in [-0.25, -0.2) is 34.6 Å². The number of hydrogen-bond donors (Lipinski definition) is 1. The molecule has 1 aliphatic rings. The summed E-state index contributed by atoms with van der Waals surface area (Å²) >= 11 is 0.